The Morgan fingerprint density at radius 2 is 2.11 bits per heavy atom. The van der Waals surface area contributed by atoms with Gasteiger partial charge in [0.25, 0.3) is 0 Å². The average molecular weight is 245 g/mol. The quantitative estimate of drug-likeness (QED) is 0.897. The van der Waals surface area contributed by atoms with Gasteiger partial charge in [0.2, 0.25) is 5.95 Å². The zero-order valence-corrected chi connectivity index (χ0v) is 10.6. The Hall–Kier alpha value is -2.17. The van der Waals surface area contributed by atoms with Crippen molar-refractivity contribution in [3.05, 3.63) is 30.0 Å². The number of rotatable bonds is 3. The molecule has 0 saturated carbocycles. The van der Waals surface area contributed by atoms with Crippen molar-refractivity contribution in [3.8, 4) is 0 Å². The third-order valence-corrected chi connectivity index (χ3v) is 2.90. The number of hydrogen-bond acceptors (Lipinski definition) is 4. The van der Waals surface area contributed by atoms with E-state index in [9.17, 15) is 4.79 Å². The summed E-state index contributed by atoms with van der Waals surface area (Å²) in [6.07, 6.45) is 1.66. The molecule has 0 saturated heterocycles. The van der Waals surface area contributed by atoms with E-state index in [1.807, 2.05) is 11.9 Å². The Labute approximate surface area is 105 Å². The van der Waals surface area contributed by atoms with E-state index < -0.39 is 5.97 Å². The molecule has 0 bridgehead atoms. The van der Waals surface area contributed by atoms with Gasteiger partial charge in [0.05, 0.1) is 11.1 Å². The number of anilines is 1. The summed E-state index contributed by atoms with van der Waals surface area (Å²) < 4.78 is 0. The molecule has 5 nitrogen and oxygen atoms in total. The maximum atomic E-state index is 10.9. The van der Waals surface area contributed by atoms with Gasteiger partial charge < -0.3 is 10.0 Å². The summed E-state index contributed by atoms with van der Waals surface area (Å²) in [6.45, 7) is 4.11. The number of hydrogen-bond donors (Lipinski definition) is 1. The topological polar surface area (TPSA) is 66.3 Å². The molecule has 0 aliphatic heterocycles. The molecule has 2 aromatic rings. The molecule has 1 aromatic heterocycles. The Bertz CT molecular complexity index is 596. The maximum absolute atomic E-state index is 10.9. The van der Waals surface area contributed by atoms with E-state index >= 15 is 0 Å². The number of carboxylic acids is 1. The van der Waals surface area contributed by atoms with Crippen molar-refractivity contribution < 1.29 is 9.90 Å². The van der Waals surface area contributed by atoms with Crippen LogP contribution >= 0.6 is 0 Å². The molecule has 0 aliphatic rings. The lowest BCUT2D eigenvalue weighted by molar-refractivity contribution is 0.0697. The number of benzene rings is 1. The first-order valence-electron chi connectivity index (χ1n) is 5.72. The second-order valence-corrected chi connectivity index (χ2v) is 4.45. The second kappa shape index (κ2) is 4.60. The highest BCUT2D eigenvalue weighted by Crippen LogP contribution is 2.17. The maximum Gasteiger partial charge on any atom is 0.335 e. The minimum Gasteiger partial charge on any atom is -0.478 e. The third-order valence-electron chi connectivity index (χ3n) is 2.90. The van der Waals surface area contributed by atoms with Crippen molar-refractivity contribution in [2.24, 2.45) is 0 Å². The first-order valence-corrected chi connectivity index (χ1v) is 5.72. The highest BCUT2D eigenvalue weighted by molar-refractivity contribution is 5.93. The van der Waals surface area contributed by atoms with Gasteiger partial charge >= 0.3 is 5.97 Å². The van der Waals surface area contributed by atoms with Crippen LogP contribution in [0.5, 0.6) is 0 Å². The predicted octanol–water partition coefficient (Wildman–Crippen LogP) is 2.17. The van der Waals surface area contributed by atoms with Crippen molar-refractivity contribution >= 4 is 22.8 Å². The number of nitrogens with zero attached hydrogens (tertiary/aromatic N) is 3. The van der Waals surface area contributed by atoms with Crippen molar-refractivity contribution in [1.82, 2.24) is 9.97 Å². The molecule has 1 N–H and O–H groups in total. The van der Waals surface area contributed by atoms with Crippen LogP contribution in [0.1, 0.15) is 24.2 Å². The van der Waals surface area contributed by atoms with Gasteiger partial charge in [0.15, 0.2) is 0 Å². The third kappa shape index (κ3) is 2.25. The van der Waals surface area contributed by atoms with Gasteiger partial charge in [0.1, 0.15) is 0 Å². The normalized spacial score (nSPS) is 10.9. The zero-order chi connectivity index (χ0) is 13.3. The van der Waals surface area contributed by atoms with Crippen LogP contribution < -0.4 is 4.90 Å². The molecule has 0 fully saturated rings. The molecule has 1 aromatic carbocycles. The number of carbonyl (C=O) groups is 1. The lowest BCUT2D eigenvalue weighted by atomic mass is 10.1. The highest BCUT2D eigenvalue weighted by atomic mass is 16.4. The minimum atomic E-state index is -0.944. The fourth-order valence-electron chi connectivity index (χ4n) is 1.56. The van der Waals surface area contributed by atoms with Gasteiger partial charge in [-0.25, -0.2) is 14.8 Å². The largest absolute Gasteiger partial charge is 0.478 e. The van der Waals surface area contributed by atoms with Crippen LogP contribution in [0.15, 0.2) is 24.4 Å². The SMILES string of the molecule is CC(C)N(C)c1ncc2cc(C(=O)O)ccc2n1. The number of aromatic carboxylic acids is 1. The number of fused-ring (bicyclic) bond motifs is 1. The average Bonchev–Trinajstić information content (AvgIpc) is 2.36. The van der Waals surface area contributed by atoms with Crippen molar-refractivity contribution in [1.29, 1.82) is 0 Å². The monoisotopic (exact) mass is 245 g/mol. The summed E-state index contributed by atoms with van der Waals surface area (Å²) in [5.74, 6) is -0.305. The number of aromatic nitrogens is 2. The van der Waals surface area contributed by atoms with E-state index in [2.05, 4.69) is 23.8 Å². The first kappa shape index (κ1) is 12.3. The molecule has 94 valence electrons. The summed E-state index contributed by atoms with van der Waals surface area (Å²) in [5, 5.41) is 9.64. The van der Waals surface area contributed by atoms with Crippen LogP contribution in [0.25, 0.3) is 10.9 Å². The van der Waals surface area contributed by atoms with Crippen LogP contribution in [0.2, 0.25) is 0 Å². The van der Waals surface area contributed by atoms with Crippen LogP contribution in [-0.2, 0) is 0 Å². The minimum absolute atomic E-state index is 0.246. The molecule has 0 radical (unpaired) electrons. The van der Waals surface area contributed by atoms with Crippen LogP contribution in [0, 0.1) is 0 Å². The van der Waals surface area contributed by atoms with Gasteiger partial charge in [0, 0.05) is 24.7 Å². The summed E-state index contributed by atoms with van der Waals surface area (Å²) in [7, 11) is 1.93. The molecular weight excluding hydrogens is 230 g/mol. The van der Waals surface area contributed by atoms with Crippen LogP contribution in [0.4, 0.5) is 5.95 Å². The summed E-state index contributed by atoms with van der Waals surface area (Å²) in [4.78, 5) is 21.5. The van der Waals surface area contributed by atoms with E-state index in [0.29, 0.717) is 12.0 Å². The molecule has 1 heterocycles. The van der Waals surface area contributed by atoms with Crippen molar-refractivity contribution in [2.45, 2.75) is 19.9 Å². The summed E-state index contributed by atoms with van der Waals surface area (Å²) in [6, 6.07) is 5.15. The zero-order valence-electron chi connectivity index (χ0n) is 10.6. The van der Waals surface area contributed by atoms with E-state index in [4.69, 9.17) is 5.11 Å². The summed E-state index contributed by atoms with van der Waals surface area (Å²) in [5.41, 5.74) is 0.994. The van der Waals surface area contributed by atoms with E-state index in [1.54, 1.807) is 24.4 Å². The molecule has 2 rings (SSSR count). The second-order valence-electron chi connectivity index (χ2n) is 4.45. The van der Waals surface area contributed by atoms with Gasteiger partial charge in [-0.1, -0.05) is 0 Å². The van der Waals surface area contributed by atoms with E-state index in [0.717, 1.165) is 10.9 Å². The molecule has 0 amide bonds. The van der Waals surface area contributed by atoms with Crippen LogP contribution in [-0.4, -0.2) is 34.1 Å². The highest BCUT2D eigenvalue weighted by Gasteiger charge is 2.10. The van der Waals surface area contributed by atoms with Crippen molar-refractivity contribution in [2.75, 3.05) is 11.9 Å². The molecule has 18 heavy (non-hydrogen) atoms. The fourth-order valence-corrected chi connectivity index (χ4v) is 1.56. The van der Waals surface area contributed by atoms with E-state index in [-0.39, 0.29) is 5.56 Å². The number of carboxylic acid groups (broad SMARTS) is 1. The Kier molecular flexibility index (Phi) is 3.14. The molecule has 0 aliphatic carbocycles. The van der Waals surface area contributed by atoms with Gasteiger partial charge in [-0.15, -0.1) is 0 Å². The smallest absolute Gasteiger partial charge is 0.335 e. The predicted molar refractivity (Wildman–Crippen MR) is 70.0 cm³/mol. The molecule has 0 unspecified atom stereocenters. The molecule has 0 atom stereocenters. The summed E-state index contributed by atoms with van der Waals surface area (Å²) >= 11 is 0. The Morgan fingerprint density at radius 1 is 1.39 bits per heavy atom. The first-order chi connectivity index (χ1) is 8.49. The van der Waals surface area contributed by atoms with E-state index in [1.165, 1.54) is 0 Å². The van der Waals surface area contributed by atoms with Gasteiger partial charge in [-0.3, -0.25) is 0 Å². The van der Waals surface area contributed by atoms with Gasteiger partial charge in [-0.2, -0.15) is 0 Å². The van der Waals surface area contributed by atoms with Crippen molar-refractivity contribution in [3.63, 3.8) is 0 Å². The lowest BCUT2D eigenvalue weighted by Crippen LogP contribution is -2.27. The molecule has 5 heteroatoms. The standard InChI is InChI=1S/C13H15N3O2/c1-8(2)16(3)13-14-7-10-6-9(12(17)18)4-5-11(10)15-13/h4-8H,1-3H3,(H,17,18). The Morgan fingerprint density at radius 3 is 2.72 bits per heavy atom. The van der Waals surface area contributed by atoms with Crippen LogP contribution in [0.3, 0.4) is 0 Å². The molecular formula is C13H15N3O2. The van der Waals surface area contributed by atoms with Gasteiger partial charge in [-0.05, 0) is 32.0 Å². The lowest BCUT2D eigenvalue weighted by Gasteiger charge is -2.21. The Balaban J connectivity index is 2.47. The molecule has 0 spiro atoms. The fraction of sp³-hybridized carbons (Fsp3) is 0.308.